The Labute approximate surface area is 146 Å². The van der Waals surface area contributed by atoms with Crippen molar-refractivity contribution < 1.29 is 26.7 Å². The first kappa shape index (κ1) is 18.4. The average Bonchev–Trinajstić information content (AvgIpc) is 2.44. The van der Waals surface area contributed by atoms with Crippen molar-refractivity contribution in [2.75, 3.05) is 5.32 Å². The number of nitrogens with two attached hydrogens (primary N) is 1. The normalized spacial score (nSPS) is 11.2. The summed E-state index contributed by atoms with van der Waals surface area (Å²) in [6.07, 6.45) is -4.87. The topological polar surface area (TPSA) is 47.3 Å². The summed E-state index contributed by atoms with van der Waals surface area (Å²) in [5.74, 6) is -3.98. The van der Waals surface area contributed by atoms with E-state index in [0.717, 1.165) is 0 Å². The summed E-state index contributed by atoms with van der Waals surface area (Å²) < 4.78 is 70.6. The minimum Gasteiger partial charge on any atom is -0.450 e. The van der Waals surface area contributed by atoms with Gasteiger partial charge in [0.15, 0.2) is 22.5 Å². The van der Waals surface area contributed by atoms with Crippen molar-refractivity contribution in [2.45, 2.75) is 6.18 Å². The lowest BCUT2D eigenvalue weighted by atomic mass is 10.2. The first-order chi connectivity index (χ1) is 11.1. The van der Waals surface area contributed by atoms with Gasteiger partial charge in [-0.1, -0.05) is 0 Å². The van der Waals surface area contributed by atoms with Gasteiger partial charge >= 0.3 is 6.18 Å². The van der Waals surface area contributed by atoms with E-state index in [1.54, 1.807) is 6.07 Å². The van der Waals surface area contributed by atoms with E-state index in [1.807, 2.05) is 0 Å². The number of thiocarbonyl (C=S) groups is 1. The molecule has 128 valence electrons. The Balaban J connectivity index is 2.40. The van der Waals surface area contributed by atoms with E-state index in [-0.39, 0.29) is 23.0 Å². The van der Waals surface area contributed by atoms with E-state index in [2.05, 4.69) is 33.5 Å². The van der Waals surface area contributed by atoms with E-state index in [4.69, 9.17) is 10.5 Å². The molecule has 0 fully saturated rings. The van der Waals surface area contributed by atoms with Crippen LogP contribution in [0.25, 0.3) is 0 Å². The van der Waals surface area contributed by atoms with Gasteiger partial charge in [-0.2, -0.15) is 13.2 Å². The Morgan fingerprint density at radius 2 is 1.71 bits per heavy atom. The third kappa shape index (κ3) is 4.32. The summed E-state index contributed by atoms with van der Waals surface area (Å²) in [6.45, 7) is 0. The average molecular weight is 427 g/mol. The van der Waals surface area contributed by atoms with Crippen molar-refractivity contribution in [3.63, 3.8) is 0 Å². The number of hydrogen-bond acceptors (Lipinski definition) is 2. The second kappa shape index (κ2) is 6.89. The van der Waals surface area contributed by atoms with E-state index in [9.17, 15) is 22.0 Å². The van der Waals surface area contributed by atoms with Crippen molar-refractivity contribution in [3.05, 3.63) is 52.0 Å². The molecule has 0 aliphatic heterocycles. The van der Waals surface area contributed by atoms with E-state index < -0.39 is 29.1 Å². The summed E-state index contributed by atoms with van der Waals surface area (Å²) in [5, 5.41) is 2.54. The second-order valence-corrected chi connectivity index (χ2v) is 5.80. The number of benzene rings is 2. The molecule has 0 bridgehead atoms. The minimum absolute atomic E-state index is 0.0461. The largest absolute Gasteiger partial charge is 0.450 e. The predicted octanol–water partition coefficient (Wildman–Crippen LogP) is 5.19. The van der Waals surface area contributed by atoms with Crippen LogP contribution in [0.5, 0.6) is 11.5 Å². The van der Waals surface area contributed by atoms with Crippen LogP contribution in [-0.2, 0) is 6.18 Å². The number of nitrogens with one attached hydrogen (secondary N) is 1. The van der Waals surface area contributed by atoms with Crippen LogP contribution in [0.15, 0.2) is 34.8 Å². The Hall–Kier alpha value is -1.94. The van der Waals surface area contributed by atoms with Crippen LogP contribution in [0.2, 0.25) is 0 Å². The molecule has 0 saturated carbocycles. The van der Waals surface area contributed by atoms with Crippen LogP contribution in [0.4, 0.5) is 27.6 Å². The molecular formula is C14H8BrF5N2OS. The SMILES string of the molecule is NC(=S)Nc1ccc(Br)c(Oc2c(F)cc(C(F)(F)F)cc2F)c1. The van der Waals surface area contributed by atoms with Gasteiger partial charge in [0.05, 0.1) is 10.0 Å². The molecule has 0 unspecified atom stereocenters. The summed E-state index contributed by atoms with van der Waals surface area (Å²) in [4.78, 5) is 0. The van der Waals surface area contributed by atoms with Gasteiger partial charge in [0.2, 0.25) is 0 Å². The molecule has 0 saturated heterocycles. The lowest BCUT2D eigenvalue weighted by Crippen LogP contribution is -2.18. The maximum absolute atomic E-state index is 13.8. The molecule has 2 rings (SSSR count). The van der Waals surface area contributed by atoms with E-state index in [1.165, 1.54) is 12.1 Å². The molecule has 3 nitrogen and oxygen atoms in total. The zero-order chi connectivity index (χ0) is 18.1. The van der Waals surface area contributed by atoms with Crippen LogP contribution >= 0.6 is 28.1 Å². The lowest BCUT2D eigenvalue weighted by Gasteiger charge is -2.13. The fourth-order valence-electron chi connectivity index (χ4n) is 1.73. The quantitative estimate of drug-likeness (QED) is 0.523. The third-order valence-electron chi connectivity index (χ3n) is 2.74. The van der Waals surface area contributed by atoms with E-state index >= 15 is 0 Å². The summed E-state index contributed by atoms with van der Waals surface area (Å²) in [6, 6.07) is 4.66. The molecule has 10 heteroatoms. The minimum atomic E-state index is -4.87. The number of anilines is 1. The smallest absolute Gasteiger partial charge is 0.416 e. The van der Waals surface area contributed by atoms with Crippen molar-refractivity contribution in [3.8, 4) is 11.5 Å². The molecule has 0 heterocycles. The Kier molecular flexibility index (Phi) is 5.29. The first-order valence-electron chi connectivity index (χ1n) is 6.18. The molecule has 0 spiro atoms. The van der Waals surface area contributed by atoms with Gasteiger partial charge < -0.3 is 15.8 Å². The van der Waals surface area contributed by atoms with Crippen LogP contribution in [0.1, 0.15) is 5.56 Å². The first-order valence-corrected chi connectivity index (χ1v) is 7.38. The van der Waals surface area contributed by atoms with Crippen molar-refractivity contribution >= 4 is 38.9 Å². The van der Waals surface area contributed by atoms with Gasteiger partial charge in [-0.05, 0) is 52.4 Å². The highest BCUT2D eigenvalue weighted by Gasteiger charge is 2.33. The fourth-order valence-corrected chi connectivity index (χ4v) is 2.18. The maximum Gasteiger partial charge on any atom is 0.416 e. The summed E-state index contributed by atoms with van der Waals surface area (Å²) in [5.41, 5.74) is 4.23. The molecule has 0 aliphatic rings. The molecule has 24 heavy (non-hydrogen) atoms. The molecule has 3 N–H and O–H groups in total. The van der Waals surface area contributed by atoms with Gasteiger partial charge in [-0.25, -0.2) is 8.78 Å². The third-order valence-corrected chi connectivity index (χ3v) is 3.49. The summed E-state index contributed by atoms with van der Waals surface area (Å²) >= 11 is 7.77. The van der Waals surface area contributed by atoms with Gasteiger partial charge in [0, 0.05) is 11.8 Å². The molecule has 0 aliphatic carbocycles. The zero-order valence-electron chi connectivity index (χ0n) is 11.5. The maximum atomic E-state index is 13.8. The van der Waals surface area contributed by atoms with Crippen molar-refractivity contribution in [2.24, 2.45) is 5.73 Å². The zero-order valence-corrected chi connectivity index (χ0v) is 14.0. The predicted molar refractivity (Wildman–Crippen MR) is 86.0 cm³/mol. The molecule has 0 radical (unpaired) electrons. The molecular weight excluding hydrogens is 419 g/mol. The Bertz CT molecular complexity index is 774. The number of hydrogen-bond donors (Lipinski definition) is 2. The van der Waals surface area contributed by atoms with Crippen molar-refractivity contribution in [1.29, 1.82) is 0 Å². The molecule has 2 aromatic carbocycles. The van der Waals surface area contributed by atoms with Gasteiger partial charge in [0.25, 0.3) is 0 Å². The molecule has 2 aromatic rings. The molecule has 0 aromatic heterocycles. The van der Waals surface area contributed by atoms with E-state index in [0.29, 0.717) is 10.2 Å². The Morgan fingerprint density at radius 3 is 2.21 bits per heavy atom. The van der Waals surface area contributed by atoms with Crippen LogP contribution < -0.4 is 15.8 Å². The standard InChI is InChI=1S/C14H8BrF5N2OS/c15-8-2-1-7(22-13(21)24)5-11(8)23-12-9(16)3-6(4-10(12)17)14(18,19)20/h1-5H,(H3,21,22,24). The summed E-state index contributed by atoms with van der Waals surface area (Å²) in [7, 11) is 0. The van der Waals surface area contributed by atoms with Crippen molar-refractivity contribution in [1.82, 2.24) is 0 Å². The monoisotopic (exact) mass is 426 g/mol. The second-order valence-electron chi connectivity index (χ2n) is 4.50. The van der Waals surface area contributed by atoms with Crippen LogP contribution in [-0.4, -0.2) is 5.11 Å². The van der Waals surface area contributed by atoms with Crippen LogP contribution in [0, 0.1) is 11.6 Å². The molecule has 0 amide bonds. The lowest BCUT2D eigenvalue weighted by molar-refractivity contribution is -0.138. The highest BCUT2D eigenvalue weighted by Crippen LogP contribution is 2.38. The Morgan fingerprint density at radius 1 is 1.12 bits per heavy atom. The number of rotatable bonds is 3. The number of ether oxygens (including phenoxy) is 1. The highest BCUT2D eigenvalue weighted by molar-refractivity contribution is 9.10. The number of alkyl halides is 3. The molecule has 0 atom stereocenters. The van der Waals surface area contributed by atoms with Gasteiger partial charge in [-0.15, -0.1) is 0 Å². The van der Waals surface area contributed by atoms with Gasteiger partial charge in [-0.3, -0.25) is 0 Å². The number of halogens is 6. The van der Waals surface area contributed by atoms with Crippen LogP contribution in [0.3, 0.4) is 0 Å². The highest BCUT2D eigenvalue weighted by atomic mass is 79.9. The fraction of sp³-hybridized carbons (Fsp3) is 0.0714. The van der Waals surface area contributed by atoms with Gasteiger partial charge in [0.1, 0.15) is 5.75 Å².